The van der Waals surface area contributed by atoms with Crippen LogP contribution in [0.4, 0.5) is 0 Å². The second kappa shape index (κ2) is 6.32. The van der Waals surface area contributed by atoms with E-state index in [9.17, 15) is 9.90 Å². The van der Waals surface area contributed by atoms with Gasteiger partial charge in [0.2, 0.25) is 0 Å². The van der Waals surface area contributed by atoms with Gasteiger partial charge in [0.25, 0.3) is 5.56 Å². The molecule has 4 rings (SSSR count). The first-order valence-corrected chi connectivity index (χ1v) is 8.50. The molecule has 4 nitrogen and oxygen atoms in total. The maximum atomic E-state index is 13.2. The lowest BCUT2D eigenvalue weighted by molar-refractivity contribution is 0.471. The van der Waals surface area contributed by atoms with Gasteiger partial charge in [0.1, 0.15) is 11.6 Å². The Morgan fingerprint density at radius 3 is 2.46 bits per heavy atom. The number of fused-ring (bicyclic) bond motifs is 1. The van der Waals surface area contributed by atoms with E-state index in [1.54, 1.807) is 47.0 Å². The standard InChI is InChI=1S/C21H15ClN2O2/c1-13-12-14(6-11-19(13)25)20-23-18-5-3-2-4-17(18)21(26)24(20)16-9-7-15(22)8-10-16/h2-12,25H,1H3. The zero-order chi connectivity index (χ0) is 18.3. The minimum absolute atomic E-state index is 0.154. The van der Waals surface area contributed by atoms with Crippen LogP contribution < -0.4 is 5.56 Å². The molecular formula is C21H15ClN2O2. The van der Waals surface area contributed by atoms with Gasteiger partial charge in [-0.2, -0.15) is 0 Å². The van der Waals surface area contributed by atoms with Crippen molar-refractivity contribution in [1.29, 1.82) is 0 Å². The predicted octanol–water partition coefficient (Wildman–Crippen LogP) is 4.72. The Labute approximate surface area is 155 Å². The molecule has 3 aromatic carbocycles. The topological polar surface area (TPSA) is 55.1 Å². The summed E-state index contributed by atoms with van der Waals surface area (Å²) in [6.07, 6.45) is 0. The largest absolute Gasteiger partial charge is 0.508 e. The Balaban J connectivity index is 2.10. The fourth-order valence-corrected chi connectivity index (χ4v) is 3.08. The first kappa shape index (κ1) is 16.4. The second-order valence-electron chi connectivity index (χ2n) is 6.07. The number of hydrogen-bond donors (Lipinski definition) is 1. The molecule has 4 aromatic rings. The molecule has 128 valence electrons. The molecule has 0 amide bonds. The van der Waals surface area contributed by atoms with Crippen LogP contribution in [0.3, 0.4) is 0 Å². The van der Waals surface area contributed by atoms with Crippen LogP contribution in [0.15, 0.2) is 71.5 Å². The minimum Gasteiger partial charge on any atom is -0.508 e. The normalized spacial score (nSPS) is 11.0. The summed E-state index contributed by atoms with van der Waals surface area (Å²) in [7, 11) is 0. The molecule has 0 saturated heterocycles. The van der Waals surface area contributed by atoms with Gasteiger partial charge in [-0.3, -0.25) is 9.36 Å². The average Bonchev–Trinajstić information content (AvgIpc) is 2.65. The van der Waals surface area contributed by atoms with Crippen molar-refractivity contribution < 1.29 is 5.11 Å². The molecule has 1 heterocycles. The highest BCUT2D eigenvalue weighted by atomic mass is 35.5. The third-order valence-electron chi connectivity index (χ3n) is 4.32. The molecule has 0 spiro atoms. The molecule has 1 aromatic heterocycles. The number of phenols is 1. The van der Waals surface area contributed by atoms with Crippen LogP contribution in [0.2, 0.25) is 5.02 Å². The SMILES string of the molecule is Cc1cc(-c2nc3ccccc3c(=O)n2-c2ccc(Cl)cc2)ccc1O. The van der Waals surface area contributed by atoms with Crippen LogP contribution >= 0.6 is 11.6 Å². The number of aromatic hydroxyl groups is 1. The van der Waals surface area contributed by atoms with E-state index in [1.165, 1.54) is 0 Å². The second-order valence-corrected chi connectivity index (χ2v) is 6.51. The number of phenolic OH excluding ortho intramolecular Hbond substituents is 1. The molecule has 0 aliphatic rings. The Morgan fingerprint density at radius 2 is 1.73 bits per heavy atom. The van der Waals surface area contributed by atoms with E-state index in [0.717, 1.165) is 5.56 Å². The molecule has 0 saturated carbocycles. The molecule has 0 atom stereocenters. The van der Waals surface area contributed by atoms with Gasteiger partial charge in [-0.15, -0.1) is 0 Å². The maximum absolute atomic E-state index is 13.2. The number of benzene rings is 3. The lowest BCUT2D eigenvalue weighted by atomic mass is 10.1. The van der Waals surface area contributed by atoms with Crippen LogP contribution in [-0.4, -0.2) is 14.7 Å². The van der Waals surface area contributed by atoms with Crippen molar-refractivity contribution in [3.8, 4) is 22.8 Å². The molecule has 0 aliphatic carbocycles. The molecule has 1 N–H and O–H groups in total. The average molecular weight is 363 g/mol. The number of aromatic nitrogens is 2. The fourth-order valence-electron chi connectivity index (χ4n) is 2.95. The van der Waals surface area contributed by atoms with Gasteiger partial charge in [0.05, 0.1) is 16.6 Å². The maximum Gasteiger partial charge on any atom is 0.266 e. The van der Waals surface area contributed by atoms with Crippen molar-refractivity contribution in [3.05, 3.63) is 87.7 Å². The minimum atomic E-state index is -0.154. The van der Waals surface area contributed by atoms with Crippen molar-refractivity contribution >= 4 is 22.5 Å². The van der Waals surface area contributed by atoms with Gasteiger partial charge in [-0.25, -0.2) is 4.98 Å². The van der Waals surface area contributed by atoms with Crippen LogP contribution in [-0.2, 0) is 0 Å². The van der Waals surface area contributed by atoms with E-state index in [1.807, 2.05) is 31.2 Å². The summed E-state index contributed by atoms with van der Waals surface area (Å²) in [6, 6.07) is 19.5. The van der Waals surface area contributed by atoms with E-state index in [-0.39, 0.29) is 11.3 Å². The summed E-state index contributed by atoms with van der Waals surface area (Å²) in [5.74, 6) is 0.717. The summed E-state index contributed by atoms with van der Waals surface area (Å²) >= 11 is 6.00. The highest BCUT2D eigenvalue weighted by molar-refractivity contribution is 6.30. The zero-order valence-electron chi connectivity index (χ0n) is 14.0. The number of halogens is 1. The summed E-state index contributed by atoms with van der Waals surface area (Å²) in [5, 5.41) is 11.0. The summed E-state index contributed by atoms with van der Waals surface area (Å²) in [5.41, 5.74) is 2.62. The van der Waals surface area contributed by atoms with Crippen LogP contribution in [0.25, 0.3) is 28.0 Å². The van der Waals surface area contributed by atoms with Crippen LogP contribution in [0, 0.1) is 6.92 Å². The van der Waals surface area contributed by atoms with Crippen molar-refractivity contribution in [1.82, 2.24) is 9.55 Å². The number of rotatable bonds is 2. The van der Waals surface area contributed by atoms with Crippen molar-refractivity contribution in [2.75, 3.05) is 0 Å². The lowest BCUT2D eigenvalue weighted by Gasteiger charge is -2.14. The van der Waals surface area contributed by atoms with E-state index in [0.29, 0.717) is 33.0 Å². The molecule has 26 heavy (non-hydrogen) atoms. The van der Waals surface area contributed by atoms with Crippen LogP contribution in [0.1, 0.15) is 5.56 Å². The van der Waals surface area contributed by atoms with E-state index in [2.05, 4.69) is 0 Å². The Morgan fingerprint density at radius 1 is 1.00 bits per heavy atom. The van der Waals surface area contributed by atoms with Gasteiger partial charge in [0, 0.05) is 10.6 Å². The van der Waals surface area contributed by atoms with Gasteiger partial charge >= 0.3 is 0 Å². The number of para-hydroxylation sites is 1. The van der Waals surface area contributed by atoms with Crippen molar-refractivity contribution in [2.24, 2.45) is 0 Å². The quantitative estimate of drug-likeness (QED) is 0.561. The fraction of sp³-hybridized carbons (Fsp3) is 0.0476. The van der Waals surface area contributed by atoms with Gasteiger partial charge in [-0.1, -0.05) is 23.7 Å². The number of aryl methyl sites for hydroxylation is 1. The third-order valence-corrected chi connectivity index (χ3v) is 4.57. The molecule has 0 aliphatic heterocycles. The van der Waals surface area contributed by atoms with Gasteiger partial charge < -0.3 is 5.11 Å². The zero-order valence-corrected chi connectivity index (χ0v) is 14.7. The molecular weight excluding hydrogens is 348 g/mol. The summed E-state index contributed by atoms with van der Waals surface area (Å²) < 4.78 is 1.57. The van der Waals surface area contributed by atoms with Gasteiger partial charge in [-0.05, 0) is 67.1 Å². The highest BCUT2D eigenvalue weighted by Gasteiger charge is 2.15. The smallest absolute Gasteiger partial charge is 0.266 e. The predicted molar refractivity (Wildman–Crippen MR) is 104 cm³/mol. The Bertz CT molecular complexity index is 1180. The first-order chi connectivity index (χ1) is 12.5. The van der Waals surface area contributed by atoms with Crippen molar-refractivity contribution in [2.45, 2.75) is 6.92 Å². The number of nitrogens with zero attached hydrogens (tertiary/aromatic N) is 2. The summed E-state index contributed by atoms with van der Waals surface area (Å²) in [6.45, 7) is 1.81. The van der Waals surface area contributed by atoms with Crippen molar-refractivity contribution in [3.63, 3.8) is 0 Å². The van der Waals surface area contributed by atoms with E-state index < -0.39 is 0 Å². The summed E-state index contributed by atoms with van der Waals surface area (Å²) in [4.78, 5) is 17.9. The Kier molecular flexibility index (Phi) is 3.98. The molecule has 0 unspecified atom stereocenters. The van der Waals surface area contributed by atoms with E-state index in [4.69, 9.17) is 16.6 Å². The molecule has 0 fully saturated rings. The molecule has 0 radical (unpaired) electrons. The third kappa shape index (κ3) is 2.74. The van der Waals surface area contributed by atoms with E-state index >= 15 is 0 Å². The molecule has 0 bridgehead atoms. The lowest BCUT2D eigenvalue weighted by Crippen LogP contribution is -2.21. The Hall–Kier alpha value is -3.11. The number of hydrogen-bond acceptors (Lipinski definition) is 3. The monoisotopic (exact) mass is 362 g/mol. The highest BCUT2D eigenvalue weighted by Crippen LogP contribution is 2.27. The first-order valence-electron chi connectivity index (χ1n) is 8.12. The van der Waals surface area contributed by atoms with Gasteiger partial charge in [0.15, 0.2) is 0 Å². The van der Waals surface area contributed by atoms with Crippen LogP contribution in [0.5, 0.6) is 5.75 Å². The molecule has 5 heteroatoms.